The molecule has 5 heteroatoms. The highest BCUT2D eigenvalue weighted by atomic mass is 16.5. The number of methoxy groups -OCH3 is 1. The van der Waals surface area contributed by atoms with E-state index in [1.807, 2.05) is 6.07 Å². The molecular formula is C22H30N2O3+2. The highest BCUT2D eigenvalue weighted by Crippen LogP contribution is 2.28. The first-order valence-corrected chi connectivity index (χ1v) is 9.68. The average molecular weight is 370 g/mol. The summed E-state index contributed by atoms with van der Waals surface area (Å²) < 4.78 is 11.3. The van der Waals surface area contributed by atoms with Crippen LogP contribution in [0.2, 0.25) is 0 Å². The number of Topliss-reactive ketones (excluding diaryl/α,β-unsaturated/α-hetero) is 1. The second kappa shape index (κ2) is 9.53. The number of carbonyl (C=O) groups excluding carboxylic acids is 1. The molecule has 1 aliphatic rings. The quantitative estimate of drug-likeness (QED) is 0.656. The van der Waals surface area contributed by atoms with Gasteiger partial charge >= 0.3 is 0 Å². The lowest BCUT2D eigenvalue weighted by atomic mass is 10.1. The molecule has 27 heavy (non-hydrogen) atoms. The Labute approximate surface area is 161 Å². The highest BCUT2D eigenvalue weighted by Gasteiger charge is 2.22. The van der Waals surface area contributed by atoms with Gasteiger partial charge in [0.1, 0.15) is 45.9 Å². The predicted molar refractivity (Wildman–Crippen MR) is 105 cm³/mol. The number of rotatable bonds is 8. The molecule has 1 heterocycles. The van der Waals surface area contributed by atoms with Crippen molar-refractivity contribution in [3.05, 3.63) is 59.7 Å². The minimum Gasteiger partial charge on any atom is -0.493 e. The van der Waals surface area contributed by atoms with Crippen molar-refractivity contribution in [2.45, 2.75) is 13.5 Å². The van der Waals surface area contributed by atoms with E-state index in [1.54, 1.807) is 36.0 Å². The van der Waals surface area contributed by atoms with E-state index in [0.717, 1.165) is 13.1 Å². The summed E-state index contributed by atoms with van der Waals surface area (Å²) in [6.07, 6.45) is 0. The van der Waals surface area contributed by atoms with Crippen molar-refractivity contribution >= 4 is 5.78 Å². The molecule has 0 amide bonds. The number of carbonyl (C=O) groups is 1. The first kappa shape index (κ1) is 19.4. The van der Waals surface area contributed by atoms with Crippen LogP contribution in [0.15, 0.2) is 48.5 Å². The van der Waals surface area contributed by atoms with Gasteiger partial charge in [0.25, 0.3) is 0 Å². The van der Waals surface area contributed by atoms with E-state index in [0.29, 0.717) is 23.7 Å². The number of quaternary nitrogens is 2. The van der Waals surface area contributed by atoms with E-state index in [4.69, 9.17) is 9.47 Å². The first-order valence-electron chi connectivity index (χ1n) is 9.68. The monoisotopic (exact) mass is 370 g/mol. The number of nitrogens with one attached hydrogen (secondary N) is 2. The molecule has 1 saturated heterocycles. The number of benzene rings is 2. The standard InChI is InChI=1S/C22H28N2O3/c1-18(25)20-8-9-21(22(16-20)26-2)27-15-14-23-10-12-24(13-11-23)17-19-6-4-3-5-7-19/h3-9,16H,10-15,17H2,1-2H3/p+2. The molecule has 0 saturated carbocycles. The Morgan fingerprint density at radius 2 is 1.67 bits per heavy atom. The molecule has 0 spiro atoms. The summed E-state index contributed by atoms with van der Waals surface area (Å²) in [6.45, 7) is 9.04. The average Bonchev–Trinajstić information content (AvgIpc) is 2.70. The topological polar surface area (TPSA) is 44.4 Å². The third-order valence-corrected chi connectivity index (χ3v) is 5.24. The molecule has 0 radical (unpaired) electrons. The van der Waals surface area contributed by atoms with Crippen LogP contribution in [0.3, 0.4) is 0 Å². The number of hydrogen-bond donors (Lipinski definition) is 2. The maximum Gasteiger partial charge on any atom is 0.161 e. The third kappa shape index (κ3) is 5.55. The molecule has 0 aromatic heterocycles. The maximum atomic E-state index is 11.5. The Morgan fingerprint density at radius 3 is 2.33 bits per heavy atom. The van der Waals surface area contributed by atoms with Crippen LogP contribution in [-0.4, -0.2) is 52.2 Å². The van der Waals surface area contributed by atoms with Gasteiger partial charge in [-0.25, -0.2) is 0 Å². The van der Waals surface area contributed by atoms with Crippen LogP contribution in [0.4, 0.5) is 0 Å². The zero-order valence-corrected chi connectivity index (χ0v) is 16.3. The fourth-order valence-electron chi connectivity index (χ4n) is 3.58. The Kier molecular flexibility index (Phi) is 6.85. The number of piperazine rings is 1. The van der Waals surface area contributed by atoms with Crippen molar-refractivity contribution in [3.63, 3.8) is 0 Å². The molecule has 144 valence electrons. The van der Waals surface area contributed by atoms with Crippen molar-refractivity contribution < 1.29 is 24.1 Å². The van der Waals surface area contributed by atoms with E-state index >= 15 is 0 Å². The van der Waals surface area contributed by atoms with Crippen molar-refractivity contribution in [1.82, 2.24) is 0 Å². The molecule has 0 unspecified atom stereocenters. The van der Waals surface area contributed by atoms with Gasteiger partial charge in [0.05, 0.1) is 7.11 Å². The van der Waals surface area contributed by atoms with Gasteiger partial charge in [-0.3, -0.25) is 4.79 Å². The van der Waals surface area contributed by atoms with E-state index in [-0.39, 0.29) is 5.78 Å². The Balaban J connectivity index is 1.42. The third-order valence-electron chi connectivity index (χ3n) is 5.24. The van der Waals surface area contributed by atoms with Gasteiger partial charge in [-0.05, 0) is 25.1 Å². The van der Waals surface area contributed by atoms with Crippen LogP contribution in [-0.2, 0) is 6.54 Å². The van der Waals surface area contributed by atoms with Crippen LogP contribution in [0.5, 0.6) is 11.5 Å². The van der Waals surface area contributed by atoms with E-state index in [9.17, 15) is 4.79 Å². The van der Waals surface area contributed by atoms with Gasteiger partial charge in [0, 0.05) is 11.1 Å². The van der Waals surface area contributed by atoms with Gasteiger partial charge in [-0.15, -0.1) is 0 Å². The second-order valence-electron chi connectivity index (χ2n) is 7.18. The smallest absolute Gasteiger partial charge is 0.161 e. The zero-order valence-electron chi connectivity index (χ0n) is 16.3. The SMILES string of the molecule is COc1cc(C(C)=O)ccc1OCC[NH+]1CC[NH+](Cc2ccccc2)CC1. The highest BCUT2D eigenvalue weighted by molar-refractivity contribution is 5.94. The summed E-state index contributed by atoms with van der Waals surface area (Å²) in [6, 6.07) is 16.1. The molecule has 3 rings (SSSR count). The van der Waals surface area contributed by atoms with E-state index in [1.165, 1.54) is 31.7 Å². The van der Waals surface area contributed by atoms with Crippen LogP contribution >= 0.6 is 0 Å². The molecule has 0 aliphatic carbocycles. The second-order valence-corrected chi connectivity index (χ2v) is 7.18. The lowest BCUT2D eigenvalue weighted by Crippen LogP contribution is -3.27. The van der Waals surface area contributed by atoms with Crippen LogP contribution in [0.1, 0.15) is 22.8 Å². The number of hydrogen-bond acceptors (Lipinski definition) is 3. The largest absolute Gasteiger partial charge is 0.493 e. The normalized spacial score (nSPS) is 19.5. The molecule has 0 atom stereocenters. The Morgan fingerprint density at radius 1 is 0.963 bits per heavy atom. The fraction of sp³-hybridized carbons (Fsp3) is 0.409. The zero-order chi connectivity index (χ0) is 19.1. The number of ether oxygens (including phenoxy) is 2. The number of ketones is 1. The molecule has 1 aliphatic heterocycles. The van der Waals surface area contributed by atoms with Gasteiger partial charge < -0.3 is 19.3 Å². The molecule has 2 aromatic carbocycles. The summed E-state index contributed by atoms with van der Waals surface area (Å²) >= 11 is 0. The summed E-state index contributed by atoms with van der Waals surface area (Å²) in [5, 5.41) is 0. The van der Waals surface area contributed by atoms with Crippen LogP contribution in [0, 0.1) is 0 Å². The Bertz CT molecular complexity index is 740. The van der Waals surface area contributed by atoms with Gasteiger partial charge in [-0.1, -0.05) is 30.3 Å². The minimum atomic E-state index is 0.0279. The lowest BCUT2D eigenvalue weighted by molar-refractivity contribution is -1.02. The molecule has 1 fully saturated rings. The van der Waals surface area contributed by atoms with Crippen LogP contribution < -0.4 is 19.3 Å². The molecule has 2 aromatic rings. The molecule has 5 nitrogen and oxygen atoms in total. The van der Waals surface area contributed by atoms with Crippen molar-refractivity contribution in [3.8, 4) is 11.5 Å². The summed E-state index contributed by atoms with van der Waals surface area (Å²) in [4.78, 5) is 14.7. The minimum absolute atomic E-state index is 0.0279. The predicted octanol–water partition coefficient (Wildman–Crippen LogP) is 0.260. The molecule has 2 N–H and O–H groups in total. The summed E-state index contributed by atoms with van der Waals surface area (Å²) in [5.41, 5.74) is 2.06. The van der Waals surface area contributed by atoms with Crippen molar-refractivity contribution in [2.24, 2.45) is 0 Å². The lowest BCUT2D eigenvalue weighted by Gasteiger charge is -2.29. The Hall–Kier alpha value is -2.37. The van der Waals surface area contributed by atoms with E-state index < -0.39 is 0 Å². The van der Waals surface area contributed by atoms with Crippen LogP contribution in [0.25, 0.3) is 0 Å². The van der Waals surface area contributed by atoms with Gasteiger partial charge in [-0.2, -0.15) is 0 Å². The van der Waals surface area contributed by atoms with Gasteiger partial charge in [0.15, 0.2) is 17.3 Å². The van der Waals surface area contributed by atoms with Crippen molar-refractivity contribution in [2.75, 3.05) is 46.4 Å². The summed E-state index contributed by atoms with van der Waals surface area (Å²) in [7, 11) is 1.60. The van der Waals surface area contributed by atoms with Gasteiger partial charge in [0.2, 0.25) is 0 Å². The molecular weight excluding hydrogens is 340 g/mol. The first-order chi connectivity index (χ1) is 13.2. The fourth-order valence-corrected chi connectivity index (χ4v) is 3.58. The van der Waals surface area contributed by atoms with Crippen molar-refractivity contribution in [1.29, 1.82) is 0 Å². The molecule has 0 bridgehead atoms. The summed E-state index contributed by atoms with van der Waals surface area (Å²) in [5.74, 6) is 1.35. The van der Waals surface area contributed by atoms with E-state index in [2.05, 4.69) is 30.3 Å². The maximum absolute atomic E-state index is 11.5.